The lowest BCUT2D eigenvalue weighted by Crippen LogP contribution is -2.21. The molecule has 0 aliphatic rings. The Hall–Kier alpha value is -2.32. The van der Waals surface area contributed by atoms with Gasteiger partial charge in [-0.2, -0.15) is 0 Å². The summed E-state index contributed by atoms with van der Waals surface area (Å²) in [5, 5.41) is 4.04. The topological polar surface area (TPSA) is 4.93 Å². The molecule has 20 heavy (non-hydrogen) atoms. The molecule has 1 heterocycles. The third kappa shape index (κ3) is 1.77. The monoisotopic (exact) mass is 271 g/mol. The smallest absolute Gasteiger partial charge is 0.227 e. The van der Waals surface area contributed by atoms with Gasteiger partial charge in [-0.25, -0.2) is 0 Å². The van der Waals surface area contributed by atoms with Crippen LogP contribution in [0.2, 0.25) is 0 Å². The van der Waals surface area contributed by atoms with Gasteiger partial charge in [0, 0.05) is 21.8 Å². The summed E-state index contributed by atoms with van der Waals surface area (Å²) in [6.07, 6.45) is 0. The van der Waals surface area contributed by atoms with Gasteiger partial charge in [0.15, 0.2) is 0 Å². The average molecular weight is 271 g/mol. The van der Waals surface area contributed by atoms with Gasteiger partial charge >= 0.3 is 0 Å². The first-order valence-electron chi connectivity index (χ1n) is 6.74. The van der Waals surface area contributed by atoms with Gasteiger partial charge in [0.25, 0.3) is 0 Å². The second-order valence-electron chi connectivity index (χ2n) is 4.85. The van der Waals surface area contributed by atoms with E-state index < -0.39 is 0 Å². The lowest BCUT2D eigenvalue weighted by molar-refractivity contribution is 1.37. The maximum Gasteiger partial charge on any atom is 0.227 e. The minimum absolute atomic E-state index is 0.625. The van der Waals surface area contributed by atoms with Crippen LogP contribution in [-0.2, 0) is 0 Å². The highest BCUT2D eigenvalue weighted by molar-refractivity contribution is 6.54. The largest absolute Gasteiger partial charge is 0.363 e. The van der Waals surface area contributed by atoms with Crippen LogP contribution in [0.15, 0.2) is 78.9 Å². The minimum atomic E-state index is 0.625. The molecule has 0 unspecified atom stereocenters. The van der Waals surface area contributed by atoms with Gasteiger partial charge < -0.3 is 4.23 Å². The van der Waals surface area contributed by atoms with Gasteiger partial charge in [-0.1, -0.05) is 66.7 Å². The van der Waals surface area contributed by atoms with Crippen molar-refractivity contribution in [2.24, 2.45) is 0 Å². The molecule has 0 amide bonds. The number of para-hydroxylation sites is 2. The van der Waals surface area contributed by atoms with Crippen LogP contribution in [0.5, 0.6) is 0 Å². The van der Waals surface area contributed by atoms with E-state index in [1.807, 2.05) is 0 Å². The highest BCUT2D eigenvalue weighted by atomic mass is 28.2. The molecule has 0 bridgehead atoms. The van der Waals surface area contributed by atoms with Crippen molar-refractivity contribution in [1.82, 2.24) is 4.23 Å². The summed E-state index contributed by atoms with van der Waals surface area (Å²) in [5.74, 6) is 0. The molecule has 4 rings (SSSR count). The molecule has 0 saturated carbocycles. The van der Waals surface area contributed by atoms with Crippen LogP contribution in [-0.4, -0.2) is 13.9 Å². The number of aromatic nitrogens is 1. The van der Waals surface area contributed by atoms with Crippen molar-refractivity contribution < 1.29 is 0 Å². The van der Waals surface area contributed by atoms with E-state index >= 15 is 0 Å². The fraction of sp³-hybridized carbons (Fsp3) is 0. The van der Waals surface area contributed by atoms with Crippen LogP contribution in [0.1, 0.15) is 0 Å². The van der Waals surface area contributed by atoms with Gasteiger partial charge in [-0.3, -0.25) is 0 Å². The number of benzene rings is 3. The zero-order chi connectivity index (χ0) is 13.4. The summed E-state index contributed by atoms with van der Waals surface area (Å²) in [4.78, 5) is 0. The molecule has 1 nitrogen and oxygen atoms in total. The Kier molecular flexibility index (Phi) is 2.68. The number of hydrogen-bond acceptors (Lipinski definition) is 0. The van der Waals surface area contributed by atoms with Crippen molar-refractivity contribution in [2.45, 2.75) is 0 Å². The van der Waals surface area contributed by atoms with Crippen molar-refractivity contribution in [3.63, 3.8) is 0 Å². The van der Waals surface area contributed by atoms with Crippen molar-refractivity contribution in [1.29, 1.82) is 0 Å². The molecule has 94 valence electrons. The standard InChI is InChI=1S/C18H13NSi/c1-2-8-14(9-3-1)20-19-17-12-6-4-10-15(17)16-11-5-7-13-18(16)19/h1-13H. The van der Waals surface area contributed by atoms with Crippen molar-refractivity contribution in [3.8, 4) is 0 Å². The van der Waals surface area contributed by atoms with Gasteiger partial charge in [-0.05, 0) is 17.3 Å². The van der Waals surface area contributed by atoms with E-state index in [0.717, 1.165) is 0 Å². The molecule has 0 saturated heterocycles. The number of nitrogens with zero attached hydrogens (tertiary/aromatic N) is 1. The zero-order valence-electron chi connectivity index (χ0n) is 11.0. The Labute approximate surface area is 120 Å². The van der Waals surface area contributed by atoms with E-state index in [9.17, 15) is 0 Å². The predicted molar refractivity (Wildman–Crippen MR) is 86.7 cm³/mol. The van der Waals surface area contributed by atoms with E-state index in [1.54, 1.807) is 0 Å². The maximum absolute atomic E-state index is 2.43. The average Bonchev–Trinajstić information content (AvgIpc) is 2.84. The van der Waals surface area contributed by atoms with Crippen molar-refractivity contribution in [3.05, 3.63) is 78.9 Å². The molecule has 4 aromatic rings. The Morgan fingerprint density at radius 3 is 1.65 bits per heavy atom. The van der Waals surface area contributed by atoms with E-state index in [1.165, 1.54) is 27.0 Å². The van der Waals surface area contributed by atoms with Crippen LogP contribution in [0, 0.1) is 0 Å². The van der Waals surface area contributed by atoms with Gasteiger partial charge in [0.2, 0.25) is 9.68 Å². The highest BCUT2D eigenvalue weighted by Crippen LogP contribution is 2.27. The number of fused-ring (bicyclic) bond motifs is 3. The Balaban J connectivity index is 2.00. The molecule has 2 radical (unpaired) electrons. The molecule has 0 aliphatic heterocycles. The summed E-state index contributed by atoms with van der Waals surface area (Å²) in [7, 11) is 0.625. The van der Waals surface area contributed by atoms with Crippen molar-refractivity contribution in [2.75, 3.05) is 0 Å². The molecular formula is C18H13NSi. The second kappa shape index (κ2) is 4.65. The number of rotatable bonds is 2. The molecule has 0 N–H and O–H groups in total. The third-order valence-corrected chi connectivity index (χ3v) is 4.89. The third-order valence-electron chi connectivity index (χ3n) is 3.59. The van der Waals surface area contributed by atoms with Crippen LogP contribution in [0.3, 0.4) is 0 Å². The fourth-order valence-corrected chi connectivity index (χ4v) is 3.92. The van der Waals surface area contributed by atoms with Gasteiger partial charge in [0.05, 0.1) is 0 Å². The first-order valence-corrected chi connectivity index (χ1v) is 7.68. The molecule has 0 fully saturated rings. The van der Waals surface area contributed by atoms with E-state index in [4.69, 9.17) is 0 Å². The summed E-state index contributed by atoms with van der Waals surface area (Å²) in [6, 6.07) is 28.0. The SMILES string of the molecule is c1ccc([Si]n2c3ccccc3c3ccccc32)cc1. The first kappa shape index (κ1) is 11.5. The molecule has 3 aromatic carbocycles. The minimum Gasteiger partial charge on any atom is -0.363 e. The van der Waals surface area contributed by atoms with Crippen LogP contribution >= 0.6 is 0 Å². The molecule has 0 aliphatic carbocycles. The normalized spacial score (nSPS) is 11.2. The van der Waals surface area contributed by atoms with Crippen molar-refractivity contribution >= 4 is 36.7 Å². The van der Waals surface area contributed by atoms with E-state index in [-0.39, 0.29) is 0 Å². The highest BCUT2D eigenvalue weighted by Gasteiger charge is 2.10. The Morgan fingerprint density at radius 1 is 0.550 bits per heavy atom. The first-order chi connectivity index (χ1) is 9.93. The lowest BCUT2D eigenvalue weighted by Gasteiger charge is -2.05. The van der Waals surface area contributed by atoms with Crippen LogP contribution in [0.4, 0.5) is 0 Å². The summed E-state index contributed by atoms with van der Waals surface area (Å²) in [5.41, 5.74) is 2.63. The van der Waals surface area contributed by atoms with E-state index in [0.29, 0.717) is 9.68 Å². The molecule has 1 aromatic heterocycles. The molecule has 0 atom stereocenters. The second-order valence-corrected chi connectivity index (χ2v) is 6.10. The van der Waals surface area contributed by atoms with Crippen LogP contribution in [0.25, 0.3) is 21.8 Å². The molecule has 0 spiro atoms. The molecule has 2 heteroatoms. The lowest BCUT2D eigenvalue weighted by atomic mass is 10.2. The quantitative estimate of drug-likeness (QED) is 0.491. The summed E-state index contributed by atoms with van der Waals surface area (Å²) >= 11 is 0. The summed E-state index contributed by atoms with van der Waals surface area (Å²) in [6.45, 7) is 0. The fourth-order valence-electron chi connectivity index (χ4n) is 2.68. The zero-order valence-corrected chi connectivity index (χ0v) is 12.0. The van der Waals surface area contributed by atoms with Crippen LogP contribution < -0.4 is 5.19 Å². The summed E-state index contributed by atoms with van der Waals surface area (Å²) < 4.78 is 2.43. The number of hydrogen-bond donors (Lipinski definition) is 0. The van der Waals surface area contributed by atoms with Gasteiger partial charge in [-0.15, -0.1) is 0 Å². The maximum atomic E-state index is 2.43. The molecular weight excluding hydrogens is 258 g/mol. The van der Waals surface area contributed by atoms with E-state index in [2.05, 4.69) is 83.1 Å². The van der Waals surface area contributed by atoms with Gasteiger partial charge in [0.1, 0.15) is 0 Å². The Morgan fingerprint density at radius 2 is 1.05 bits per heavy atom. The Bertz CT molecular complexity index is 824. The predicted octanol–water partition coefficient (Wildman–Crippen LogP) is 3.59.